The molecular formula is C11H10ClFO3. The zero-order valence-electron chi connectivity index (χ0n) is 8.79. The van der Waals surface area contributed by atoms with Crippen molar-refractivity contribution in [1.29, 1.82) is 0 Å². The normalized spacial score (nSPS) is 12.0. The molecule has 1 unspecified atom stereocenters. The molecule has 0 saturated heterocycles. The van der Waals surface area contributed by atoms with Gasteiger partial charge in [-0.15, -0.1) is 0 Å². The van der Waals surface area contributed by atoms with Crippen LogP contribution in [0.15, 0.2) is 18.2 Å². The van der Waals surface area contributed by atoms with Crippen LogP contribution in [0.25, 0.3) is 0 Å². The highest BCUT2D eigenvalue weighted by molar-refractivity contribution is 6.31. The van der Waals surface area contributed by atoms with Crippen LogP contribution in [-0.4, -0.2) is 18.9 Å². The smallest absolute Gasteiger partial charge is 0.316 e. The number of rotatable bonds is 3. The minimum absolute atomic E-state index is 0.150. The number of benzene rings is 1. The van der Waals surface area contributed by atoms with Crippen molar-refractivity contribution in [1.82, 2.24) is 0 Å². The lowest BCUT2D eigenvalue weighted by Crippen LogP contribution is -2.23. The van der Waals surface area contributed by atoms with Gasteiger partial charge in [0.15, 0.2) is 11.6 Å². The van der Waals surface area contributed by atoms with E-state index in [1.165, 1.54) is 32.2 Å². The maximum absolute atomic E-state index is 13.5. The fourth-order valence-corrected chi connectivity index (χ4v) is 1.39. The third-order valence-electron chi connectivity index (χ3n) is 2.17. The van der Waals surface area contributed by atoms with Crippen molar-refractivity contribution < 1.29 is 18.7 Å². The standard InChI is InChI=1S/C11H10ClFO3/c1-6(11(15)16-2)10(14)7-4-3-5-8(12)9(7)13/h3-6H,1-2H3. The first-order valence-electron chi connectivity index (χ1n) is 4.55. The van der Waals surface area contributed by atoms with Crippen molar-refractivity contribution in [3.8, 4) is 0 Å². The summed E-state index contributed by atoms with van der Waals surface area (Å²) in [6.07, 6.45) is 0. The number of carbonyl (C=O) groups excluding carboxylic acids is 2. The number of hydrogen-bond donors (Lipinski definition) is 0. The molecule has 3 nitrogen and oxygen atoms in total. The van der Waals surface area contributed by atoms with E-state index < -0.39 is 23.5 Å². The third kappa shape index (κ3) is 2.39. The van der Waals surface area contributed by atoms with Gasteiger partial charge in [0.2, 0.25) is 0 Å². The Morgan fingerprint density at radius 2 is 2.06 bits per heavy atom. The molecule has 0 bridgehead atoms. The molecule has 1 aromatic rings. The van der Waals surface area contributed by atoms with E-state index in [1.807, 2.05) is 0 Å². The second-order valence-corrected chi connectivity index (χ2v) is 3.62. The van der Waals surface area contributed by atoms with Crippen molar-refractivity contribution in [3.05, 3.63) is 34.6 Å². The van der Waals surface area contributed by atoms with E-state index >= 15 is 0 Å². The van der Waals surface area contributed by atoms with Gasteiger partial charge in [0, 0.05) is 0 Å². The van der Waals surface area contributed by atoms with E-state index in [2.05, 4.69) is 4.74 Å². The Labute approximate surface area is 97.2 Å². The number of halogens is 2. The van der Waals surface area contributed by atoms with Crippen LogP contribution < -0.4 is 0 Å². The molecule has 0 aliphatic rings. The number of esters is 1. The summed E-state index contributed by atoms with van der Waals surface area (Å²) < 4.78 is 17.9. The van der Waals surface area contributed by atoms with E-state index in [4.69, 9.17) is 11.6 Å². The molecule has 0 aliphatic carbocycles. The minimum Gasteiger partial charge on any atom is -0.468 e. The van der Waals surface area contributed by atoms with Crippen LogP contribution in [-0.2, 0) is 9.53 Å². The van der Waals surface area contributed by atoms with Crippen molar-refractivity contribution >= 4 is 23.4 Å². The molecule has 1 aromatic carbocycles. The van der Waals surface area contributed by atoms with Crippen LogP contribution in [0.1, 0.15) is 17.3 Å². The van der Waals surface area contributed by atoms with Crippen molar-refractivity contribution in [2.24, 2.45) is 5.92 Å². The summed E-state index contributed by atoms with van der Waals surface area (Å²) in [7, 11) is 1.17. The molecular weight excluding hydrogens is 235 g/mol. The first kappa shape index (κ1) is 12.6. The number of carbonyl (C=O) groups is 2. The number of Topliss-reactive ketones (excluding diaryl/α,β-unsaturated/α-hetero) is 1. The van der Waals surface area contributed by atoms with Crippen LogP contribution in [0.2, 0.25) is 5.02 Å². The summed E-state index contributed by atoms with van der Waals surface area (Å²) in [6, 6.07) is 4.06. The monoisotopic (exact) mass is 244 g/mol. The van der Waals surface area contributed by atoms with Gasteiger partial charge >= 0.3 is 5.97 Å². The molecule has 1 atom stereocenters. The molecule has 1 rings (SSSR count). The Hall–Kier alpha value is -1.42. The summed E-state index contributed by atoms with van der Waals surface area (Å²) >= 11 is 5.53. The molecule has 0 fully saturated rings. The van der Waals surface area contributed by atoms with Crippen molar-refractivity contribution in [2.45, 2.75) is 6.92 Å². The van der Waals surface area contributed by atoms with Crippen LogP contribution in [0.5, 0.6) is 0 Å². The fourth-order valence-electron chi connectivity index (χ4n) is 1.21. The highest BCUT2D eigenvalue weighted by atomic mass is 35.5. The van der Waals surface area contributed by atoms with Crippen molar-refractivity contribution in [3.63, 3.8) is 0 Å². The van der Waals surface area contributed by atoms with Crippen molar-refractivity contribution in [2.75, 3.05) is 7.11 Å². The van der Waals surface area contributed by atoms with Gasteiger partial charge in [0.1, 0.15) is 5.92 Å². The summed E-state index contributed by atoms with van der Waals surface area (Å²) in [5.74, 6) is -3.21. The Kier molecular flexibility index (Phi) is 4.01. The molecule has 0 N–H and O–H groups in total. The molecule has 0 amide bonds. The fraction of sp³-hybridized carbons (Fsp3) is 0.273. The zero-order valence-corrected chi connectivity index (χ0v) is 9.55. The summed E-state index contributed by atoms with van der Waals surface area (Å²) in [5, 5.41) is -0.150. The maximum atomic E-state index is 13.5. The zero-order chi connectivity index (χ0) is 12.3. The molecule has 0 radical (unpaired) electrons. The average Bonchev–Trinajstić information content (AvgIpc) is 2.29. The molecule has 16 heavy (non-hydrogen) atoms. The predicted octanol–water partition coefficient (Wildman–Crippen LogP) is 2.47. The lowest BCUT2D eigenvalue weighted by atomic mass is 9.99. The largest absolute Gasteiger partial charge is 0.468 e. The maximum Gasteiger partial charge on any atom is 0.316 e. The van der Waals surface area contributed by atoms with Gasteiger partial charge in [0.05, 0.1) is 17.7 Å². The minimum atomic E-state index is -1.04. The predicted molar refractivity (Wildman–Crippen MR) is 56.9 cm³/mol. The Balaban J connectivity index is 3.06. The molecule has 0 aliphatic heterocycles. The molecule has 0 aromatic heterocycles. The lowest BCUT2D eigenvalue weighted by Gasteiger charge is -2.09. The third-order valence-corrected chi connectivity index (χ3v) is 2.46. The summed E-state index contributed by atoms with van der Waals surface area (Å²) in [4.78, 5) is 22.8. The van der Waals surface area contributed by atoms with E-state index in [1.54, 1.807) is 0 Å². The summed E-state index contributed by atoms with van der Waals surface area (Å²) in [6.45, 7) is 1.36. The highest BCUT2D eigenvalue weighted by Gasteiger charge is 2.26. The molecule has 86 valence electrons. The van der Waals surface area contributed by atoms with Gasteiger partial charge in [0.25, 0.3) is 0 Å². The second kappa shape index (κ2) is 5.07. The Bertz CT molecular complexity index is 431. The van der Waals surface area contributed by atoms with Gasteiger partial charge in [-0.1, -0.05) is 17.7 Å². The lowest BCUT2D eigenvalue weighted by molar-refractivity contribution is -0.143. The quantitative estimate of drug-likeness (QED) is 0.466. The first-order chi connectivity index (χ1) is 7.49. The SMILES string of the molecule is COC(=O)C(C)C(=O)c1cccc(Cl)c1F. The van der Waals surface area contributed by atoms with E-state index in [0.717, 1.165) is 0 Å². The van der Waals surface area contributed by atoms with Gasteiger partial charge < -0.3 is 4.74 Å². The molecule has 0 heterocycles. The number of ketones is 1. The van der Waals surface area contributed by atoms with E-state index in [-0.39, 0.29) is 10.6 Å². The van der Waals surface area contributed by atoms with Gasteiger partial charge in [-0.2, -0.15) is 0 Å². The second-order valence-electron chi connectivity index (χ2n) is 3.21. The van der Waals surface area contributed by atoms with Crippen LogP contribution in [0.4, 0.5) is 4.39 Å². The molecule has 0 saturated carbocycles. The molecule has 5 heteroatoms. The summed E-state index contributed by atoms with van der Waals surface area (Å²) in [5.41, 5.74) is -0.203. The van der Waals surface area contributed by atoms with E-state index in [0.29, 0.717) is 0 Å². The Morgan fingerprint density at radius 3 is 2.62 bits per heavy atom. The van der Waals surface area contributed by atoms with Crippen LogP contribution in [0, 0.1) is 11.7 Å². The van der Waals surface area contributed by atoms with Gasteiger partial charge in [-0.05, 0) is 19.1 Å². The Morgan fingerprint density at radius 1 is 1.44 bits per heavy atom. The number of methoxy groups -OCH3 is 1. The van der Waals surface area contributed by atoms with E-state index in [9.17, 15) is 14.0 Å². The molecule has 0 spiro atoms. The number of hydrogen-bond acceptors (Lipinski definition) is 3. The van der Waals surface area contributed by atoms with Crippen LogP contribution >= 0.6 is 11.6 Å². The van der Waals surface area contributed by atoms with Gasteiger partial charge in [-0.3, -0.25) is 9.59 Å². The first-order valence-corrected chi connectivity index (χ1v) is 4.93. The highest BCUT2D eigenvalue weighted by Crippen LogP contribution is 2.20. The van der Waals surface area contributed by atoms with Crippen LogP contribution in [0.3, 0.4) is 0 Å². The topological polar surface area (TPSA) is 43.4 Å². The number of ether oxygens (including phenoxy) is 1. The van der Waals surface area contributed by atoms with Gasteiger partial charge in [-0.25, -0.2) is 4.39 Å². The average molecular weight is 245 g/mol.